The second kappa shape index (κ2) is 5.36. The Labute approximate surface area is 113 Å². The molecule has 7 heteroatoms. The number of carbonyl (C=O) groups excluding carboxylic acids is 1. The largest absolute Gasteiger partial charge is 0.460 e. The molecule has 0 saturated carbocycles. The minimum absolute atomic E-state index is 0.105. The topological polar surface area (TPSA) is 39.2 Å². The number of esters is 1. The van der Waals surface area contributed by atoms with Gasteiger partial charge in [0.1, 0.15) is 10.8 Å². The number of rotatable bonds is 2. The van der Waals surface area contributed by atoms with E-state index in [1.807, 2.05) is 0 Å². The Morgan fingerprint density at radius 1 is 1.37 bits per heavy atom. The summed E-state index contributed by atoms with van der Waals surface area (Å²) in [5.74, 6) is -0.750. The van der Waals surface area contributed by atoms with Crippen molar-refractivity contribution in [3.63, 3.8) is 0 Å². The van der Waals surface area contributed by atoms with Gasteiger partial charge in [0.2, 0.25) is 0 Å². The lowest BCUT2D eigenvalue weighted by Crippen LogP contribution is -2.25. The van der Waals surface area contributed by atoms with Crippen molar-refractivity contribution in [1.29, 1.82) is 0 Å². The van der Waals surface area contributed by atoms with Crippen LogP contribution in [0.1, 0.15) is 31.9 Å². The van der Waals surface area contributed by atoms with Crippen molar-refractivity contribution in [1.82, 2.24) is 4.98 Å². The van der Waals surface area contributed by atoms with E-state index in [-0.39, 0.29) is 10.7 Å². The molecule has 0 atom stereocenters. The second-order valence-corrected chi connectivity index (χ2v) is 5.31. The first-order chi connectivity index (χ1) is 8.49. The van der Waals surface area contributed by atoms with Gasteiger partial charge < -0.3 is 4.74 Å². The number of hydrogen-bond donors (Lipinski definition) is 0. The van der Waals surface area contributed by atoms with Crippen LogP contribution in [0.4, 0.5) is 13.2 Å². The monoisotopic (exact) mass is 295 g/mol. The summed E-state index contributed by atoms with van der Waals surface area (Å²) < 4.78 is 43.2. The van der Waals surface area contributed by atoms with Gasteiger partial charge in [0.25, 0.3) is 0 Å². The summed E-state index contributed by atoms with van der Waals surface area (Å²) >= 11 is 5.55. The van der Waals surface area contributed by atoms with E-state index >= 15 is 0 Å². The second-order valence-electron chi connectivity index (χ2n) is 4.93. The van der Waals surface area contributed by atoms with E-state index < -0.39 is 29.7 Å². The van der Waals surface area contributed by atoms with E-state index in [1.165, 1.54) is 0 Å². The number of alkyl halides is 3. The maximum atomic E-state index is 12.7. The van der Waals surface area contributed by atoms with Crippen LogP contribution in [0.5, 0.6) is 0 Å². The Morgan fingerprint density at radius 2 is 1.95 bits per heavy atom. The normalized spacial score (nSPS) is 12.4. The standard InChI is InChI=1S/C12H13ClF3NO2/c1-11(2,3)19-10(18)5-7-4-9(13)17-6-8(7)12(14,15)16/h4,6H,5H2,1-3H3. The number of nitrogens with zero attached hydrogens (tertiary/aromatic N) is 1. The van der Waals surface area contributed by atoms with Gasteiger partial charge in [0, 0.05) is 6.20 Å². The Morgan fingerprint density at radius 3 is 2.42 bits per heavy atom. The van der Waals surface area contributed by atoms with Crippen LogP contribution in [0, 0.1) is 0 Å². The molecule has 19 heavy (non-hydrogen) atoms. The van der Waals surface area contributed by atoms with E-state index in [1.54, 1.807) is 20.8 Å². The Bertz CT molecular complexity index is 481. The molecular weight excluding hydrogens is 283 g/mol. The van der Waals surface area contributed by atoms with Crippen LogP contribution >= 0.6 is 11.6 Å². The number of ether oxygens (including phenoxy) is 1. The van der Waals surface area contributed by atoms with Crippen molar-refractivity contribution in [2.75, 3.05) is 0 Å². The van der Waals surface area contributed by atoms with Crippen molar-refractivity contribution >= 4 is 17.6 Å². The molecule has 1 rings (SSSR count). The van der Waals surface area contributed by atoms with Gasteiger partial charge in [0.05, 0.1) is 12.0 Å². The summed E-state index contributed by atoms with van der Waals surface area (Å²) in [6.07, 6.45) is -4.48. The van der Waals surface area contributed by atoms with Crippen molar-refractivity contribution in [2.24, 2.45) is 0 Å². The SMILES string of the molecule is CC(C)(C)OC(=O)Cc1cc(Cl)ncc1C(F)(F)F. The first-order valence-corrected chi connectivity index (χ1v) is 5.80. The van der Waals surface area contributed by atoms with Crippen LogP contribution in [-0.4, -0.2) is 16.6 Å². The molecule has 0 spiro atoms. The minimum Gasteiger partial charge on any atom is -0.460 e. The molecule has 0 bridgehead atoms. The lowest BCUT2D eigenvalue weighted by Gasteiger charge is -2.20. The molecule has 0 N–H and O–H groups in total. The summed E-state index contributed by atoms with van der Waals surface area (Å²) in [6, 6.07) is 1.02. The molecule has 1 aromatic heterocycles. The van der Waals surface area contributed by atoms with Gasteiger partial charge in [0.15, 0.2) is 0 Å². The molecule has 1 heterocycles. The Balaban J connectivity index is 3.00. The van der Waals surface area contributed by atoms with Crippen LogP contribution in [0.15, 0.2) is 12.3 Å². The molecule has 0 saturated heterocycles. The van der Waals surface area contributed by atoms with Gasteiger partial charge in [-0.25, -0.2) is 4.98 Å². The van der Waals surface area contributed by atoms with Crippen LogP contribution in [0.25, 0.3) is 0 Å². The van der Waals surface area contributed by atoms with Crippen molar-refractivity contribution < 1.29 is 22.7 Å². The zero-order valence-corrected chi connectivity index (χ0v) is 11.4. The fourth-order valence-corrected chi connectivity index (χ4v) is 1.58. The minimum atomic E-state index is -4.59. The Hall–Kier alpha value is -1.30. The third-order valence-electron chi connectivity index (χ3n) is 2.02. The first-order valence-electron chi connectivity index (χ1n) is 5.42. The predicted molar refractivity (Wildman–Crippen MR) is 63.8 cm³/mol. The molecule has 0 aliphatic carbocycles. The summed E-state index contributed by atoms with van der Waals surface area (Å²) in [7, 11) is 0. The zero-order chi connectivity index (χ0) is 14.8. The Kier molecular flexibility index (Phi) is 4.45. The summed E-state index contributed by atoms with van der Waals surface area (Å²) in [5.41, 5.74) is -1.99. The van der Waals surface area contributed by atoms with Crippen molar-refractivity contribution in [3.05, 3.63) is 28.5 Å². The highest BCUT2D eigenvalue weighted by Crippen LogP contribution is 2.32. The van der Waals surface area contributed by atoms with Gasteiger partial charge in [-0.3, -0.25) is 4.79 Å². The van der Waals surface area contributed by atoms with Crippen LogP contribution in [0.3, 0.4) is 0 Å². The van der Waals surface area contributed by atoms with E-state index in [4.69, 9.17) is 16.3 Å². The fourth-order valence-electron chi connectivity index (χ4n) is 1.40. The van der Waals surface area contributed by atoms with Gasteiger partial charge in [-0.05, 0) is 32.4 Å². The smallest absolute Gasteiger partial charge is 0.418 e. The summed E-state index contributed by atoms with van der Waals surface area (Å²) in [6.45, 7) is 4.90. The fraction of sp³-hybridized carbons (Fsp3) is 0.500. The predicted octanol–water partition coefficient (Wildman–Crippen LogP) is 3.64. The maximum absolute atomic E-state index is 12.7. The molecule has 0 aliphatic heterocycles. The number of hydrogen-bond acceptors (Lipinski definition) is 3. The highest BCUT2D eigenvalue weighted by Gasteiger charge is 2.34. The van der Waals surface area contributed by atoms with Crippen molar-refractivity contribution in [3.8, 4) is 0 Å². The van der Waals surface area contributed by atoms with E-state index in [0.29, 0.717) is 6.20 Å². The average Bonchev–Trinajstić information content (AvgIpc) is 2.11. The van der Waals surface area contributed by atoms with Crippen molar-refractivity contribution in [2.45, 2.75) is 39.0 Å². The number of carbonyl (C=O) groups is 1. The van der Waals surface area contributed by atoms with Crippen LogP contribution in [0.2, 0.25) is 5.15 Å². The van der Waals surface area contributed by atoms with Gasteiger partial charge in [-0.2, -0.15) is 13.2 Å². The summed E-state index contributed by atoms with van der Waals surface area (Å²) in [5, 5.41) is -0.105. The van der Waals surface area contributed by atoms with E-state index in [2.05, 4.69) is 4.98 Å². The molecule has 0 fully saturated rings. The number of pyridine rings is 1. The van der Waals surface area contributed by atoms with E-state index in [9.17, 15) is 18.0 Å². The first kappa shape index (κ1) is 15.8. The molecule has 3 nitrogen and oxygen atoms in total. The average molecular weight is 296 g/mol. The number of aromatic nitrogens is 1. The molecule has 0 amide bonds. The van der Waals surface area contributed by atoms with Gasteiger partial charge in [-0.1, -0.05) is 11.6 Å². The molecule has 106 valence electrons. The lowest BCUT2D eigenvalue weighted by atomic mass is 10.1. The summed E-state index contributed by atoms with van der Waals surface area (Å²) in [4.78, 5) is 14.9. The highest BCUT2D eigenvalue weighted by molar-refractivity contribution is 6.29. The molecule has 0 aromatic carbocycles. The molecule has 0 unspecified atom stereocenters. The third-order valence-corrected chi connectivity index (χ3v) is 2.22. The van der Waals surface area contributed by atoms with Gasteiger partial charge in [-0.15, -0.1) is 0 Å². The molecular formula is C12H13ClF3NO2. The molecule has 0 aliphatic rings. The maximum Gasteiger partial charge on any atom is 0.418 e. The number of halogens is 4. The van der Waals surface area contributed by atoms with Crippen LogP contribution < -0.4 is 0 Å². The van der Waals surface area contributed by atoms with Gasteiger partial charge >= 0.3 is 12.1 Å². The van der Waals surface area contributed by atoms with Crippen LogP contribution in [-0.2, 0) is 22.1 Å². The molecule has 1 aromatic rings. The zero-order valence-electron chi connectivity index (χ0n) is 10.6. The quantitative estimate of drug-likeness (QED) is 0.618. The highest BCUT2D eigenvalue weighted by atomic mass is 35.5. The third kappa shape index (κ3) is 5.06. The molecule has 0 radical (unpaired) electrons. The lowest BCUT2D eigenvalue weighted by molar-refractivity contribution is -0.154. The van der Waals surface area contributed by atoms with E-state index in [0.717, 1.165) is 6.07 Å².